The molecule has 0 N–H and O–H groups in total. The molecule has 2 heterocycles. The Hall–Kier alpha value is -3.40. The maximum Gasteiger partial charge on any atom is 0.160 e. The minimum absolute atomic E-state index is 0.664. The SMILES string of the molecule is Cc1cccc(OCCCn2c3nc4ccccc4nc3c3cccc(C)c32)c1. The lowest BCUT2D eigenvalue weighted by Crippen LogP contribution is -2.06. The normalized spacial score (nSPS) is 11.5. The second-order valence-electron chi connectivity index (χ2n) is 7.53. The highest BCUT2D eigenvalue weighted by molar-refractivity contribution is 6.07. The molecule has 0 aliphatic rings. The van der Waals surface area contributed by atoms with Crippen molar-refractivity contribution in [3.05, 3.63) is 77.9 Å². The van der Waals surface area contributed by atoms with E-state index in [0.717, 1.165) is 46.3 Å². The molecule has 5 rings (SSSR count). The van der Waals surface area contributed by atoms with Crippen molar-refractivity contribution in [3.8, 4) is 5.75 Å². The van der Waals surface area contributed by atoms with E-state index < -0.39 is 0 Å². The van der Waals surface area contributed by atoms with Gasteiger partial charge in [0, 0.05) is 11.9 Å². The zero-order chi connectivity index (χ0) is 19.8. The van der Waals surface area contributed by atoms with Crippen molar-refractivity contribution in [1.82, 2.24) is 14.5 Å². The fourth-order valence-electron chi connectivity index (χ4n) is 4.01. The molecule has 0 spiro atoms. The van der Waals surface area contributed by atoms with Crippen LogP contribution in [0.1, 0.15) is 17.5 Å². The molecule has 0 saturated heterocycles. The number of hydrogen-bond donors (Lipinski definition) is 0. The van der Waals surface area contributed by atoms with Gasteiger partial charge in [-0.15, -0.1) is 0 Å². The van der Waals surface area contributed by atoms with E-state index in [1.54, 1.807) is 0 Å². The van der Waals surface area contributed by atoms with E-state index in [9.17, 15) is 0 Å². The molecule has 0 fully saturated rings. The van der Waals surface area contributed by atoms with Gasteiger partial charge in [0.15, 0.2) is 5.65 Å². The van der Waals surface area contributed by atoms with Crippen molar-refractivity contribution in [2.75, 3.05) is 6.61 Å². The summed E-state index contributed by atoms with van der Waals surface area (Å²) in [5, 5.41) is 1.16. The standard InChI is InChI=1S/C25H23N3O/c1-17-8-5-10-19(16-17)29-15-7-14-28-24-18(2)9-6-11-20(24)23-25(28)27-22-13-4-3-12-21(22)26-23/h3-6,8-13,16H,7,14-15H2,1-2H3. The lowest BCUT2D eigenvalue weighted by atomic mass is 10.1. The van der Waals surface area contributed by atoms with Gasteiger partial charge in [0.05, 0.1) is 23.2 Å². The Kier molecular flexibility index (Phi) is 4.39. The average Bonchev–Trinajstić information content (AvgIpc) is 3.04. The van der Waals surface area contributed by atoms with Gasteiger partial charge < -0.3 is 9.30 Å². The summed E-state index contributed by atoms with van der Waals surface area (Å²) in [6, 6.07) is 22.7. The first-order chi connectivity index (χ1) is 14.2. The van der Waals surface area contributed by atoms with Crippen LogP contribution in [0.15, 0.2) is 66.7 Å². The Balaban J connectivity index is 1.51. The molecule has 0 amide bonds. The largest absolute Gasteiger partial charge is 0.494 e. The molecule has 29 heavy (non-hydrogen) atoms. The monoisotopic (exact) mass is 381 g/mol. The van der Waals surface area contributed by atoms with Gasteiger partial charge in [0.25, 0.3) is 0 Å². The zero-order valence-electron chi connectivity index (χ0n) is 16.7. The van der Waals surface area contributed by atoms with Crippen molar-refractivity contribution in [3.63, 3.8) is 0 Å². The van der Waals surface area contributed by atoms with E-state index >= 15 is 0 Å². The maximum absolute atomic E-state index is 5.96. The number of fused-ring (bicyclic) bond motifs is 4. The molecule has 4 heteroatoms. The first kappa shape index (κ1) is 17.7. The highest BCUT2D eigenvalue weighted by Crippen LogP contribution is 2.30. The summed E-state index contributed by atoms with van der Waals surface area (Å²) in [6.45, 7) is 5.73. The van der Waals surface area contributed by atoms with Gasteiger partial charge in [0.1, 0.15) is 11.3 Å². The van der Waals surface area contributed by atoms with Crippen LogP contribution in [0, 0.1) is 13.8 Å². The Morgan fingerprint density at radius 3 is 2.48 bits per heavy atom. The number of ether oxygens (including phenoxy) is 1. The molecule has 144 valence electrons. The zero-order valence-corrected chi connectivity index (χ0v) is 16.7. The van der Waals surface area contributed by atoms with Gasteiger partial charge in [-0.3, -0.25) is 0 Å². The van der Waals surface area contributed by atoms with E-state index in [1.165, 1.54) is 16.6 Å². The molecule has 0 unspecified atom stereocenters. The third kappa shape index (κ3) is 3.21. The fraction of sp³-hybridized carbons (Fsp3) is 0.200. The van der Waals surface area contributed by atoms with Crippen LogP contribution in [-0.4, -0.2) is 21.1 Å². The molecule has 4 nitrogen and oxygen atoms in total. The molecule has 0 aliphatic carbocycles. The van der Waals surface area contributed by atoms with Crippen molar-refractivity contribution < 1.29 is 4.74 Å². The van der Waals surface area contributed by atoms with Gasteiger partial charge in [-0.1, -0.05) is 42.5 Å². The summed E-state index contributed by atoms with van der Waals surface area (Å²) in [5.74, 6) is 0.925. The number of aromatic nitrogens is 3. The second kappa shape index (κ2) is 7.21. The third-order valence-electron chi connectivity index (χ3n) is 5.35. The highest BCUT2D eigenvalue weighted by atomic mass is 16.5. The lowest BCUT2D eigenvalue weighted by Gasteiger charge is -2.10. The summed E-state index contributed by atoms with van der Waals surface area (Å²) in [6.07, 6.45) is 0.898. The number of para-hydroxylation sites is 3. The van der Waals surface area contributed by atoms with Crippen molar-refractivity contribution in [1.29, 1.82) is 0 Å². The number of hydrogen-bond acceptors (Lipinski definition) is 3. The summed E-state index contributed by atoms with van der Waals surface area (Å²) >= 11 is 0. The molecule has 2 aromatic heterocycles. The van der Waals surface area contributed by atoms with Gasteiger partial charge in [-0.05, 0) is 55.7 Å². The maximum atomic E-state index is 5.96. The molecule has 0 bridgehead atoms. The summed E-state index contributed by atoms with van der Waals surface area (Å²) in [4.78, 5) is 9.90. The van der Waals surface area contributed by atoms with Crippen LogP contribution >= 0.6 is 0 Å². The predicted molar refractivity (Wildman–Crippen MR) is 119 cm³/mol. The number of nitrogens with zero attached hydrogens (tertiary/aromatic N) is 3. The summed E-state index contributed by atoms with van der Waals surface area (Å²) < 4.78 is 8.26. The first-order valence-corrected chi connectivity index (χ1v) is 10.0. The minimum atomic E-state index is 0.664. The van der Waals surface area contributed by atoms with Crippen molar-refractivity contribution >= 4 is 33.1 Å². The van der Waals surface area contributed by atoms with Crippen LogP contribution in [0.4, 0.5) is 0 Å². The van der Waals surface area contributed by atoms with Crippen LogP contribution in [-0.2, 0) is 6.54 Å². The van der Waals surface area contributed by atoms with Crippen LogP contribution < -0.4 is 4.74 Å². The van der Waals surface area contributed by atoms with Crippen LogP contribution in [0.5, 0.6) is 5.75 Å². The highest BCUT2D eigenvalue weighted by Gasteiger charge is 2.15. The Labute approximate surface area is 169 Å². The molecular formula is C25H23N3O. The van der Waals surface area contributed by atoms with Gasteiger partial charge >= 0.3 is 0 Å². The van der Waals surface area contributed by atoms with Crippen LogP contribution in [0.2, 0.25) is 0 Å². The Morgan fingerprint density at radius 1 is 0.862 bits per heavy atom. The average molecular weight is 381 g/mol. The summed E-state index contributed by atoms with van der Waals surface area (Å²) in [5.41, 5.74) is 7.45. The third-order valence-corrected chi connectivity index (χ3v) is 5.35. The second-order valence-corrected chi connectivity index (χ2v) is 7.53. The van der Waals surface area contributed by atoms with Crippen molar-refractivity contribution in [2.45, 2.75) is 26.8 Å². The van der Waals surface area contributed by atoms with Crippen LogP contribution in [0.3, 0.4) is 0 Å². The molecule has 3 aromatic carbocycles. The molecule has 5 aromatic rings. The topological polar surface area (TPSA) is 39.9 Å². The lowest BCUT2D eigenvalue weighted by molar-refractivity contribution is 0.303. The van der Waals surface area contributed by atoms with E-state index in [4.69, 9.17) is 14.7 Å². The quantitative estimate of drug-likeness (QED) is 0.360. The molecule has 0 saturated carbocycles. The number of aryl methyl sites for hydroxylation is 3. The smallest absolute Gasteiger partial charge is 0.160 e. The van der Waals surface area contributed by atoms with Crippen LogP contribution in [0.25, 0.3) is 33.1 Å². The molecule has 0 radical (unpaired) electrons. The van der Waals surface area contributed by atoms with E-state index in [1.807, 2.05) is 36.4 Å². The molecule has 0 atom stereocenters. The minimum Gasteiger partial charge on any atom is -0.494 e. The first-order valence-electron chi connectivity index (χ1n) is 10.0. The molecular weight excluding hydrogens is 358 g/mol. The van der Waals surface area contributed by atoms with E-state index in [2.05, 4.69) is 48.7 Å². The molecule has 0 aliphatic heterocycles. The van der Waals surface area contributed by atoms with E-state index in [0.29, 0.717) is 6.61 Å². The fourth-order valence-corrected chi connectivity index (χ4v) is 4.01. The predicted octanol–water partition coefficient (Wildman–Crippen LogP) is 5.82. The summed E-state index contributed by atoms with van der Waals surface area (Å²) in [7, 11) is 0. The Morgan fingerprint density at radius 2 is 1.66 bits per heavy atom. The van der Waals surface area contributed by atoms with E-state index in [-0.39, 0.29) is 0 Å². The Bertz CT molecular complexity index is 1340. The van der Waals surface area contributed by atoms with Gasteiger partial charge in [-0.2, -0.15) is 0 Å². The van der Waals surface area contributed by atoms with Gasteiger partial charge in [-0.25, -0.2) is 9.97 Å². The van der Waals surface area contributed by atoms with Gasteiger partial charge in [0.2, 0.25) is 0 Å². The number of benzene rings is 3. The van der Waals surface area contributed by atoms with Crippen molar-refractivity contribution in [2.24, 2.45) is 0 Å². The number of rotatable bonds is 5.